The van der Waals surface area contributed by atoms with Crippen LogP contribution in [-0.2, 0) is 9.53 Å². The van der Waals surface area contributed by atoms with Gasteiger partial charge >= 0.3 is 0 Å². The van der Waals surface area contributed by atoms with Gasteiger partial charge in [0.2, 0.25) is 0 Å². The van der Waals surface area contributed by atoms with Crippen LogP contribution in [0.1, 0.15) is 18.2 Å². The molecule has 1 aliphatic heterocycles. The summed E-state index contributed by atoms with van der Waals surface area (Å²) in [4.78, 5) is 12.2. The molecule has 1 heterocycles. The van der Waals surface area contributed by atoms with Crippen LogP contribution in [0.25, 0.3) is 0 Å². The molecular formula is C13H16FNO3. The van der Waals surface area contributed by atoms with Gasteiger partial charge < -0.3 is 9.84 Å². The summed E-state index contributed by atoms with van der Waals surface area (Å²) in [6.07, 6.45) is -2.33. The second-order valence-corrected chi connectivity index (χ2v) is 4.44. The van der Waals surface area contributed by atoms with Gasteiger partial charge in [0.05, 0.1) is 6.10 Å². The molecule has 1 saturated heterocycles. The summed E-state index contributed by atoms with van der Waals surface area (Å²) in [5.41, 5.74) is 0.769. The lowest BCUT2D eigenvalue weighted by molar-refractivity contribution is -0.150. The molecule has 0 spiro atoms. The number of β-amino-alcohol motifs (C(OH)–C–C–N with tert-alkyl or cyclic N) is 1. The second kappa shape index (κ2) is 5.93. The molecule has 3 unspecified atom stereocenters. The van der Waals surface area contributed by atoms with Gasteiger partial charge in [-0.3, -0.25) is 9.69 Å². The van der Waals surface area contributed by atoms with E-state index in [1.165, 1.54) is 0 Å². The zero-order valence-electron chi connectivity index (χ0n) is 9.91. The normalized spacial score (nSPS) is 26.6. The summed E-state index contributed by atoms with van der Waals surface area (Å²) in [7, 11) is 0. The first-order chi connectivity index (χ1) is 8.70. The number of likely N-dealkylation sites (tertiary alicyclic amines) is 1. The number of hydrogen-bond acceptors (Lipinski definition) is 4. The zero-order chi connectivity index (χ0) is 13.0. The van der Waals surface area contributed by atoms with Gasteiger partial charge in [-0.15, -0.1) is 0 Å². The van der Waals surface area contributed by atoms with Crippen LogP contribution in [-0.4, -0.2) is 41.8 Å². The standard InChI is InChI=1S/C13H16FNO3/c14-11-6-12(17)8-15(7-11)13(18-9-16)10-4-2-1-3-5-10/h1-5,9,11-13,17H,6-8H2. The van der Waals surface area contributed by atoms with E-state index in [0.717, 1.165) is 5.56 Å². The lowest BCUT2D eigenvalue weighted by Crippen LogP contribution is -2.46. The minimum absolute atomic E-state index is 0.138. The monoisotopic (exact) mass is 253 g/mol. The van der Waals surface area contributed by atoms with Crippen molar-refractivity contribution < 1.29 is 19.0 Å². The molecule has 1 aliphatic rings. The molecule has 0 radical (unpaired) electrons. The van der Waals surface area contributed by atoms with E-state index in [-0.39, 0.29) is 13.0 Å². The molecule has 1 fully saturated rings. The predicted molar refractivity (Wildman–Crippen MR) is 63.4 cm³/mol. The molecule has 1 aromatic carbocycles. The average molecular weight is 253 g/mol. The fraction of sp³-hybridized carbons (Fsp3) is 0.462. The number of hydrogen-bond donors (Lipinski definition) is 1. The van der Waals surface area contributed by atoms with Crippen LogP contribution in [0.3, 0.4) is 0 Å². The first-order valence-corrected chi connectivity index (χ1v) is 5.91. The third-order valence-corrected chi connectivity index (χ3v) is 3.01. The Morgan fingerprint density at radius 2 is 2.11 bits per heavy atom. The molecule has 4 nitrogen and oxygen atoms in total. The van der Waals surface area contributed by atoms with Crippen molar-refractivity contribution in [1.29, 1.82) is 0 Å². The molecular weight excluding hydrogens is 237 g/mol. The minimum Gasteiger partial charge on any atom is -0.444 e. The maximum Gasteiger partial charge on any atom is 0.294 e. The maximum absolute atomic E-state index is 13.5. The average Bonchev–Trinajstić information content (AvgIpc) is 2.36. The number of carbonyl (C=O) groups excluding carboxylic acids is 1. The molecule has 1 aromatic rings. The van der Waals surface area contributed by atoms with E-state index in [2.05, 4.69) is 0 Å². The Bertz CT molecular complexity index is 377. The third-order valence-electron chi connectivity index (χ3n) is 3.01. The molecule has 0 aromatic heterocycles. The number of nitrogens with zero attached hydrogens (tertiary/aromatic N) is 1. The van der Waals surface area contributed by atoms with Crippen LogP contribution in [0.15, 0.2) is 30.3 Å². The number of aliphatic hydroxyl groups is 1. The van der Waals surface area contributed by atoms with Crippen LogP contribution >= 0.6 is 0 Å². The fourth-order valence-corrected chi connectivity index (χ4v) is 2.28. The molecule has 0 amide bonds. The number of ether oxygens (including phenoxy) is 1. The highest BCUT2D eigenvalue weighted by molar-refractivity contribution is 5.38. The van der Waals surface area contributed by atoms with Gasteiger partial charge in [0.1, 0.15) is 6.17 Å². The van der Waals surface area contributed by atoms with Gasteiger partial charge in [0.15, 0.2) is 6.23 Å². The molecule has 5 heteroatoms. The first-order valence-electron chi connectivity index (χ1n) is 5.91. The van der Waals surface area contributed by atoms with Crippen molar-refractivity contribution >= 4 is 6.47 Å². The Hall–Kier alpha value is -1.46. The van der Waals surface area contributed by atoms with E-state index < -0.39 is 18.5 Å². The van der Waals surface area contributed by atoms with Crippen molar-refractivity contribution in [1.82, 2.24) is 4.90 Å². The minimum atomic E-state index is -1.10. The van der Waals surface area contributed by atoms with Crippen LogP contribution < -0.4 is 0 Å². The van der Waals surface area contributed by atoms with Crippen LogP contribution in [0.5, 0.6) is 0 Å². The summed E-state index contributed by atoms with van der Waals surface area (Å²) in [5.74, 6) is 0. The van der Waals surface area contributed by atoms with E-state index in [9.17, 15) is 14.3 Å². The SMILES string of the molecule is O=COC(c1ccccc1)N1CC(O)CC(F)C1. The lowest BCUT2D eigenvalue weighted by Gasteiger charge is -2.36. The van der Waals surface area contributed by atoms with Crippen molar-refractivity contribution in [2.24, 2.45) is 0 Å². The fourth-order valence-electron chi connectivity index (χ4n) is 2.28. The topological polar surface area (TPSA) is 49.8 Å². The van der Waals surface area contributed by atoms with Gasteiger partial charge in [0.25, 0.3) is 6.47 Å². The van der Waals surface area contributed by atoms with Crippen LogP contribution in [0.4, 0.5) is 4.39 Å². The van der Waals surface area contributed by atoms with E-state index in [4.69, 9.17) is 4.74 Å². The van der Waals surface area contributed by atoms with Gasteiger partial charge in [-0.1, -0.05) is 30.3 Å². The Morgan fingerprint density at radius 3 is 2.72 bits per heavy atom. The van der Waals surface area contributed by atoms with Crippen molar-refractivity contribution in [2.45, 2.75) is 24.9 Å². The highest BCUT2D eigenvalue weighted by atomic mass is 19.1. The summed E-state index contributed by atoms with van der Waals surface area (Å²) >= 11 is 0. The molecule has 98 valence electrons. The Labute approximate surface area is 105 Å². The maximum atomic E-state index is 13.5. The Balaban J connectivity index is 2.17. The van der Waals surface area contributed by atoms with E-state index in [0.29, 0.717) is 13.0 Å². The van der Waals surface area contributed by atoms with Crippen LogP contribution in [0, 0.1) is 0 Å². The number of alkyl halides is 1. The molecule has 0 bridgehead atoms. The lowest BCUT2D eigenvalue weighted by atomic mass is 10.0. The Kier molecular flexibility index (Phi) is 4.28. The predicted octanol–water partition coefficient (Wildman–Crippen LogP) is 1.26. The largest absolute Gasteiger partial charge is 0.444 e. The summed E-state index contributed by atoms with van der Waals surface area (Å²) in [6, 6.07) is 9.11. The second-order valence-electron chi connectivity index (χ2n) is 4.44. The van der Waals surface area contributed by atoms with Crippen molar-refractivity contribution in [2.75, 3.05) is 13.1 Å². The number of piperidine rings is 1. The number of rotatable bonds is 4. The van der Waals surface area contributed by atoms with E-state index in [1.54, 1.807) is 4.90 Å². The van der Waals surface area contributed by atoms with Crippen LogP contribution in [0.2, 0.25) is 0 Å². The first kappa shape index (κ1) is 13.0. The molecule has 0 saturated carbocycles. The highest BCUT2D eigenvalue weighted by Crippen LogP contribution is 2.26. The molecule has 2 rings (SSSR count). The summed E-state index contributed by atoms with van der Waals surface area (Å²) in [6.45, 7) is 0.810. The van der Waals surface area contributed by atoms with Crippen molar-refractivity contribution in [3.05, 3.63) is 35.9 Å². The van der Waals surface area contributed by atoms with Gasteiger partial charge in [-0.2, -0.15) is 0 Å². The van der Waals surface area contributed by atoms with Crippen molar-refractivity contribution in [3.63, 3.8) is 0 Å². The van der Waals surface area contributed by atoms with E-state index >= 15 is 0 Å². The quantitative estimate of drug-likeness (QED) is 0.821. The molecule has 18 heavy (non-hydrogen) atoms. The Morgan fingerprint density at radius 1 is 1.39 bits per heavy atom. The summed E-state index contributed by atoms with van der Waals surface area (Å²) < 4.78 is 18.5. The smallest absolute Gasteiger partial charge is 0.294 e. The van der Waals surface area contributed by atoms with Crippen molar-refractivity contribution in [3.8, 4) is 0 Å². The number of aliphatic hydroxyl groups excluding tert-OH is 1. The number of carbonyl (C=O) groups is 1. The number of halogens is 1. The van der Waals surface area contributed by atoms with Gasteiger partial charge in [0, 0.05) is 25.1 Å². The molecule has 3 atom stereocenters. The van der Waals surface area contributed by atoms with E-state index in [1.807, 2.05) is 30.3 Å². The highest BCUT2D eigenvalue weighted by Gasteiger charge is 2.32. The van der Waals surface area contributed by atoms with Gasteiger partial charge in [-0.25, -0.2) is 4.39 Å². The molecule has 1 N–H and O–H groups in total. The molecule has 0 aliphatic carbocycles. The zero-order valence-corrected chi connectivity index (χ0v) is 9.91. The van der Waals surface area contributed by atoms with Gasteiger partial charge in [-0.05, 0) is 0 Å². The third kappa shape index (κ3) is 3.05. The number of benzene rings is 1. The summed E-state index contributed by atoms with van der Waals surface area (Å²) in [5, 5.41) is 9.59.